The molecule has 0 radical (unpaired) electrons. The van der Waals surface area contributed by atoms with Gasteiger partial charge in [-0.1, -0.05) is 96.8 Å². The fourth-order valence-electron chi connectivity index (χ4n) is 5.54. The van der Waals surface area contributed by atoms with Crippen molar-refractivity contribution in [3.63, 3.8) is 0 Å². The van der Waals surface area contributed by atoms with Crippen LogP contribution in [0.2, 0.25) is 0 Å². The number of carbonyl (C=O) groups excluding carboxylic acids is 1. The van der Waals surface area contributed by atoms with E-state index in [0.717, 1.165) is 70.6 Å². The third-order valence-electron chi connectivity index (χ3n) is 9.82. The van der Waals surface area contributed by atoms with Crippen LogP contribution in [-0.4, -0.2) is 95.7 Å². The summed E-state index contributed by atoms with van der Waals surface area (Å²) in [6.45, 7) is -0.166. The number of halogens is 29. The molecular formula is C34H39F29O2. The molecule has 0 spiro atoms. The minimum Gasteiger partial charge on any atom is -0.465 e. The molecule has 0 aromatic rings. The van der Waals surface area contributed by atoms with Crippen molar-refractivity contribution < 1.29 is 137 Å². The third kappa shape index (κ3) is 11.3. The van der Waals surface area contributed by atoms with Gasteiger partial charge in [0, 0.05) is 6.42 Å². The number of esters is 1. The van der Waals surface area contributed by atoms with Gasteiger partial charge < -0.3 is 4.74 Å². The van der Waals surface area contributed by atoms with E-state index in [0.29, 0.717) is 12.8 Å². The topological polar surface area (TPSA) is 26.3 Å². The smallest absolute Gasteiger partial charge is 0.460 e. The predicted octanol–water partition coefficient (Wildman–Crippen LogP) is 16.0. The quantitative estimate of drug-likeness (QED) is 0.0393. The molecule has 0 heterocycles. The van der Waals surface area contributed by atoms with Crippen LogP contribution in [0.15, 0.2) is 0 Å². The molecule has 0 aliphatic rings. The van der Waals surface area contributed by atoms with Gasteiger partial charge in [0.2, 0.25) is 0 Å². The van der Waals surface area contributed by atoms with Gasteiger partial charge in [-0.3, -0.25) is 4.79 Å². The van der Waals surface area contributed by atoms with E-state index in [1.165, 1.54) is 0 Å². The van der Waals surface area contributed by atoms with E-state index in [9.17, 15) is 132 Å². The summed E-state index contributed by atoms with van der Waals surface area (Å²) in [6, 6.07) is 0. The summed E-state index contributed by atoms with van der Waals surface area (Å²) in [4.78, 5) is 11.7. The van der Waals surface area contributed by atoms with Crippen LogP contribution in [0.5, 0.6) is 0 Å². The Labute approximate surface area is 349 Å². The van der Waals surface area contributed by atoms with Crippen LogP contribution < -0.4 is 0 Å². The second-order valence-electron chi connectivity index (χ2n) is 14.8. The number of alkyl halides is 29. The highest BCUT2D eigenvalue weighted by atomic mass is 19.4. The van der Waals surface area contributed by atoms with Crippen molar-refractivity contribution >= 4 is 5.97 Å². The maximum atomic E-state index is 14.2. The van der Waals surface area contributed by atoms with Gasteiger partial charge in [0.1, 0.15) is 0 Å². The lowest BCUT2D eigenvalue weighted by molar-refractivity contribution is -0.487. The van der Waals surface area contributed by atoms with Crippen molar-refractivity contribution in [1.29, 1.82) is 0 Å². The van der Waals surface area contributed by atoms with E-state index in [1.807, 2.05) is 0 Å². The highest BCUT2D eigenvalue weighted by Crippen LogP contribution is 2.69. The number of ether oxygens (including phenoxy) is 1. The van der Waals surface area contributed by atoms with E-state index in [4.69, 9.17) is 0 Å². The summed E-state index contributed by atoms with van der Waals surface area (Å²) in [5.41, 5.74) is 0. The molecule has 0 aliphatic heterocycles. The SMILES string of the molecule is CCCCCCCCCCCCCCCCCC(=O)OCCC(F)(F)C(F)(F)C(F)(F)C(F)(F)C(F)(F)C(F)(F)C(F)(F)C(F)(F)C(F)(F)C(F)(F)C(F)(F)C(F)(F)C(F)(F)C(F)(F)F. The zero-order valence-corrected chi connectivity index (χ0v) is 33.0. The lowest BCUT2D eigenvalue weighted by atomic mass is 9.83. The average Bonchev–Trinajstić information content (AvgIpc) is 3.14. The van der Waals surface area contributed by atoms with E-state index < -0.39 is 109 Å². The molecule has 0 saturated heterocycles. The highest BCUT2D eigenvalue weighted by molar-refractivity contribution is 5.69. The molecule has 0 rings (SSSR count). The zero-order valence-electron chi connectivity index (χ0n) is 33.0. The van der Waals surface area contributed by atoms with Gasteiger partial charge in [0.15, 0.2) is 0 Å². The molecular weight excluding hydrogens is 991 g/mol. The normalized spacial score (nSPS) is 15.5. The largest absolute Gasteiger partial charge is 0.465 e. The van der Waals surface area contributed by atoms with Gasteiger partial charge in [-0.15, -0.1) is 0 Å². The van der Waals surface area contributed by atoms with E-state index in [2.05, 4.69) is 11.7 Å². The molecule has 0 aromatic carbocycles. The second kappa shape index (κ2) is 21.0. The number of rotatable bonds is 31. The summed E-state index contributed by atoms with van der Waals surface area (Å²) < 4.78 is 401. The van der Waals surface area contributed by atoms with Gasteiger partial charge in [-0.05, 0) is 6.42 Å². The van der Waals surface area contributed by atoms with Crippen LogP contribution in [0.25, 0.3) is 0 Å². The first-order valence-corrected chi connectivity index (χ1v) is 18.8. The van der Waals surface area contributed by atoms with Crippen molar-refractivity contribution in [3.8, 4) is 0 Å². The molecule has 0 aliphatic carbocycles. The molecule has 0 saturated carbocycles. The number of carbonyl (C=O) groups is 1. The van der Waals surface area contributed by atoms with E-state index in [-0.39, 0.29) is 12.8 Å². The molecule has 0 amide bonds. The lowest BCUT2D eigenvalue weighted by Crippen LogP contribution is -2.79. The molecule has 0 N–H and O–H groups in total. The van der Waals surface area contributed by atoms with Crippen LogP contribution in [-0.2, 0) is 9.53 Å². The Hall–Kier alpha value is -2.56. The lowest BCUT2D eigenvalue weighted by Gasteiger charge is -2.46. The molecule has 0 aromatic heterocycles. The summed E-state index contributed by atoms with van der Waals surface area (Å²) in [7, 11) is 0. The predicted molar refractivity (Wildman–Crippen MR) is 165 cm³/mol. The van der Waals surface area contributed by atoms with E-state index in [1.54, 1.807) is 0 Å². The van der Waals surface area contributed by atoms with Gasteiger partial charge in [0.25, 0.3) is 0 Å². The average molecular weight is 1030 g/mol. The van der Waals surface area contributed by atoms with Gasteiger partial charge in [-0.2, -0.15) is 127 Å². The Morgan fingerprint density at radius 3 is 0.769 bits per heavy atom. The van der Waals surface area contributed by atoms with Crippen LogP contribution in [0.3, 0.4) is 0 Å². The molecule has 0 bridgehead atoms. The Kier molecular flexibility index (Phi) is 20.1. The minimum absolute atomic E-state index is 0.104. The van der Waals surface area contributed by atoms with Crippen molar-refractivity contribution in [2.24, 2.45) is 0 Å². The Morgan fingerprint density at radius 1 is 0.308 bits per heavy atom. The first kappa shape index (κ1) is 62.4. The molecule has 390 valence electrons. The van der Waals surface area contributed by atoms with Crippen molar-refractivity contribution in [1.82, 2.24) is 0 Å². The van der Waals surface area contributed by atoms with Crippen LogP contribution in [0, 0.1) is 0 Å². The third-order valence-corrected chi connectivity index (χ3v) is 9.82. The van der Waals surface area contributed by atoms with Crippen LogP contribution in [0.4, 0.5) is 127 Å². The highest BCUT2D eigenvalue weighted by Gasteiger charge is 3.00. The first-order chi connectivity index (χ1) is 28.7. The zero-order chi connectivity index (χ0) is 52.0. The van der Waals surface area contributed by atoms with Gasteiger partial charge >= 0.3 is 89.1 Å². The molecule has 2 nitrogen and oxygen atoms in total. The number of hydrogen-bond donors (Lipinski definition) is 0. The number of hydrogen-bond acceptors (Lipinski definition) is 2. The maximum absolute atomic E-state index is 14.2. The standard InChI is InChI=1S/C34H39F29O2/c1-2-3-4-5-6-7-8-9-10-11-12-13-14-15-16-17-20(64)65-19-18-21(35,36)22(37,38)23(39,40)24(41,42)25(43,44)26(45,46)27(47,48)28(49,50)29(51,52)30(53,54)31(55,56)32(57,58)33(59,60)34(61,62)63/h2-19H2,1H3. The molecule has 31 heteroatoms. The van der Waals surface area contributed by atoms with Crippen LogP contribution in [0.1, 0.15) is 116 Å². The summed E-state index contributed by atoms with van der Waals surface area (Å²) in [5.74, 6) is -122. The molecule has 65 heavy (non-hydrogen) atoms. The second-order valence-corrected chi connectivity index (χ2v) is 14.8. The number of unbranched alkanes of at least 4 members (excludes halogenated alkanes) is 14. The van der Waals surface area contributed by atoms with E-state index >= 15 is 0 Å². The Morgan fingerprint density at radius 2 is 0.523 bits per heavy atom. The van der Waals surface area contributed by atoms with Gasteiger partial charge in [-0.25, -0.2) is 0 Å². The fourth-order valence-corrected chi connectivity index (χ4v) is 5.54. The monoisotopic (exact) mass is 1030 g/mol. The fraction of sp³-hybridized carbons (Fsp3) is 0.971. The Balaban J connectivity index is 6.02. The minimum atomic E-state index is -9.96. The summed E-state index contributed by atoms with van der Waals surface area (Å²) in [6.07, 6.45) is 0.395. The molecule has 0 fully saturated rings. The maximum Gasteiger partial charge on any atom is 0.460 e. The van der Waals surface area contributed by atoms with Crippen molar-refractivity contribution in [2.75, 3.05) is 6.61 Å². The van der Waals surface area contributed by atoms with Crippen molar-refractivity contribution in [3.05, 3.63) is 0 Å². The molecule has 0 atom stereocenters. The summed E-state index contributed by atoms with van der Waals surface area (Å²) >= 11 is 0. The van der Waals surface area contributed by atoms with Crippen molar-refractivity contribution in [2.45, 2.75) is 199 Å². The van der Waals surface area contributed by atoms with Gasteiger partial charge in [0.05, 0.1) is 13.0 Å². The molecule has 0 unspecified atom stereocenters. The summed E-state index contributed by atoms with van der Waals surface area (Å²) in [5, 5.41) is 0. The Bertz CT molecular complexity index is 1490. The van der Waals surface area contributed by atoms with Crippen LogP contribution >= 0.6 is 0 Å². The first-order valence-electron chi connectivity index (χ1n) is 18.8.